The number of hydrogen-bond acceptors (Lipinski definition) is 3. The maximum Gasteiger partial charge on any atom is 0.160 e. The van der Waals surface area contributed by atoms with E-state index < -0.39 is 11.3 Å². The summed E-state index contributed by atoms with van der Waals surface area (Å²) < 4.78 is 0. The largest absolute Gasteiger partial charge is 0.297 e. The Hall–Kier alpha value is -1.95. The predicted molar refractivity (Wildman–Crippen MR) is 68.2 cm³/mol. The molecule has 1 unspecified atom stereocenters. The van der Waals surface area contributed by atoms with E-state index in [4.69, 9.17) is 5.26 Å². The summed E-state index contributed by atoms with van der Waals surface area (Å²) in [6, 6.07) is 11.2. The molecule has 1 rings (SSSR count). The zero-order valence-corrected chi connectivity index (χ0v) is 10.3. The van der Waals surface area contributed by atoms with Crippen molar-refractivity contribution in [3.8, 4) is 6.07 Å². The van der Waals surface area contributed by atoms with E-state index in [1.54, 1.807) is 20.8 Å². The second-order valence-corrected chi connectivity index (χ2v) is 4.83. The van der Waals surface area contributed by atoms with Crippen molar-refractivity contribution in [2.24, 2.45) is 16.3 Å². The van der Waals surface area contributed by atoms with E-state index >= 15 is 0 Å². The number of para-hydroxylation sites is 1. The number of benzene rings is 1. The van der Waals surface area contributed by atoms with Crippen molar-refractivity contribution in [3.63, 3.8) is 0 Å². The van der Waals surface area contributed by atoms with E-state index in [0.717, 1.165) is 5.69 Å². The molecule has 17 heavy (non-hydrogen) atoms. The highest BCUT2D eigenvalue weighted by Crippen LogP contribution is 2.20. The summed E-state index contributed by atoms with van der Waals surface area (Å²) in [6.45, 7) is 5.40. The highest BCUT2D eigenvalue weighted by atomic mass is 16.1. The Balaban J connectivity index is 2.83. The van der Waals surface area contributed by atoms with Crippen molar-refractivity contribution in [1.82, 2.24) is 0 Å². The van der Waals surface area contributed by atoms with Gasteiger partial charge in [0.1, 0.15) is 5.92 Å². The molecule has 0 aliphatic carbocycles. The Morgan fingerprint density at radius 1 is 1.35 bits per heavy atom. The highest BCUT2D eigenvalue weighted by molar-refractivity contribution is 6.00. The summed E-state index contributed by atoms with van der Waals surface area (Å²) in [6.07, 6.45) is 1.42. The molecule has 0 aliphatic heterocycles. The first-order chi connectivity index (χ1) is 7.95. The van der Waals surface area contributed by atoms with E-state index in [1.807, 2.05) is 36.4 Å². The molecule has 0 saturated carbocycles. The minimum Gasteiger partial charge on any atom is -0.297 e. The van der Waals surface area contributed by atoms with Gasteiger partial charge in [0.15, 0.2) is 5.78 Å². The average molecular weight is 228 g/mol. The lowest BCUT2D eigenvalue weighted by molar-refractivity contribution is -0.126. The minimum atomic E-state index is -0.782. The molecule has 88 valence electrons. The summed E-state index contributed by atoms with van der Waals surface area (Å²) in [5.41, 5.74) is 0.220. The zero-order valence-electron chi connectivity index (χ0n) is 10.3. The molecule has 0 aliphatic rings. The maximum atomic E-state index is 11.9. The Labute approximate surface area is 102 Å². The Bertz CT molecular complexity index is 449. The van der Waals surface area contributed by atoms with Gasteiger partial charge in [-0.15, -0.1) is 0 Å². The van der Waals surface area contributed by atoms with Gasteiger partial charge in [-0.1, -0.05) is 39.0 Å². The van der Waals surface area contributed by atoms with Crippen LogP contribution in [-0.2, 0) is 4.79 Å². The molecule has 3 heteroatoms. The minimum absolute atomic E-state index is 0.111. The summed E-state index contributed by atoms with van der Waals surface area (Å²) in [7, 11) is 0. The van der Waals surface area contributed by atoms with Crippen LogP contribution in [0.15, 0.2) is 35.3 Å². The van der Waals surface area contributed by atoms with Gasteiger partial charge in [0, 0.05) is 11.6 Å². The first kappa shape index (κ1) is 13.1. The smallest absolute Gasteiger partial charge is 0.160 e. The molecule has 0 fully saturated rings. The zero-order chi connectivity index (χ0) is 12.9. The second kappa shape index (κ2) is 5.40. The third-order valence-electron chi connectivity index (χ3n) is 2.29. The van der Waals surface area contributed by atoms with Crippen LogP contribution in [-0.4, -0.2) is 12.0 Å². The summed E-state index contributed by atoms with van der Waals surface area (Å²) >= 11 is 0. The fourth-order valence-electron chi connectivity index (χ4n) is 1.30. The first-order valence-electron chi connectivity index (χ1n) is 5.48. The van der Waals surface area contributed by atoms with Gasteiger partial charge in [-0.2, -0.15) is 5.26 Å². The van der Waals surface area contributed by atoms with Gasteiger partial charge < -0.3 is 0 Å². The lowest BCUT2D eigenvalue weighted by Crippen LogP contribution is -2.28. The van der Waals surface area contributed by atoms with Crippen LogP contribution >= 0.6 is 0 Å². The standard InChI is InChI=1S/C14H16N2O/c1-14(2,3)13(17)11(9-15)10-16-12-7-5-4-6-8-12/h4-8,10-11H,1-3H3. The van der Waals surface area contributed by atoms with Gasteiger partial charge in [0.2, 0.25) is 0 Å². The van der Waals surface area contributed by atoms with E-state index in [-0.39, 0.29) is 5.78 Å². The fourth-order valence-corrected chi connectivity index (χ4v) is 1.30. The number of Topliss-reactive ketones (excluding diaryl/α,β-unsaturated/α-hetero) is 1. The third kappa shape index (κ3) is 3.84. The van der Waals surface area contributed by atoms with E-state index in [9.17, 15) is 4.79 Å². The highest BCUT2D eigenvalue weighted by Gasteiger charge is 2.28. The summed E-state index contributed by atoms with van der Waals surface area (Å²) in [5.74, 6) is -0.894. The van der Waals surface area contributed by atoms with E-state index in [2.05, 4.69) is 4.99 Å². The molecule has 1 aromatic rings. The van der Waals surface area contributed by atoms with Crippen LogP contribution in [0.3, 0.4) is 0 Å². The van der Waals surface area contributed by atoms with Crippen LogP contribution in [0.4, 0.5) is 5.69 Å². The van der Waals surface area contributed by atoms with E-state index in [0.29, 0.717) is 0 Å². The van der Waals surface area contributed by atoms with Crippen molar-refractivity contribution in [3.05, 3.63) is 30.3 Å². The Kier molecular flexibility index (Phi) is 4.17. The van der Waals surface area contributed by atoms with Crippen LogP contribution in [0.2, 0.25) is 0 Å². The summed E-state index contributed by atoms with van der Waals surface area (Å²) in [4.78, 5) is 16.0. The van der Waals surface area contributed by atoms with Crippen molar-refractivity contribution in [2.75, 3.05) is 0 Å². The predicted octanol–water partition coefficient (Wildman–Crippen LogP) is 3.14. The number of ketones is 1. The second-order valence-electron chi connectivity index (χ2n) is 4.83. The van der Waals surface area contributed by atoms with Crippen LogP contribution in [0.1, 0.15) is 20.8 Å². The maximum absolute atomic E-state index is 11.9. The van der Waals surface area contributed by atoms with Gasteiger partial charge >= 0.3 is 0 Å². The van der Waals surface area contributed by atoms with Gasteiger partial charge in [0.25, 0.3) is 0 Å². The third-order valence-corrected chi connectivity index (χ3v) is 2.29. The van der Waals surface area contributed by atoms with Crippen molar-refractivity contribution in [2.45, 2.75) is 20.8 Å². The number of carbonyl (C=O) groups is 1. The van der Waals surface area contributed by atoms with E-state index in [1.165, 1.54) is 6.21 Å². The molecule has 0 saturated heterocycles. The monoisotopic (exact) mass is 228 g/mol. The number of rotatable bonds is 3. The Morgan fingerprint density at radius 2 is 1.94 bits per heavy atom. The lowest BCUT2D eigenvalue weighted by Gasteiger charge is -2.17. The molecule has 1 atom stereocenters. The van der Waals surface area contributed by atoms with Crippen molar-refractivity contribution in [1.29, 1.82) is 5.26 Å². The molecule has 0 amide bonds. The number of nitrogens with zero attached hydrogens (tertiary/aromatic N) is 2. The Morgan fingerprint density at radius 3 is 2.41 bits per heavy atom. The molecule has 0 spiro atoms. The SMILES string of the molecule is CC(C)(C)C(=O)C(C#N)C=Nc1ccccc1. The molecular formula is C14H16N2O. The molecule has 0 radical (unpaired) electrons. The van der Waals surface area contributed by atoms with Crippen molar-refractivity contribution >= 4 is 17.7 Å². The number of carbonyl (C=O) groups excluding carboxylic acids is 1. The molecule has 0 bridgehead atoms. The van der Waals surface area contributed by atoms with Crippen LogP contribution in [0, 0.1) is 22.7 Å². The molecule has 0 N–H and O–H groups in total. The number of hydrogen-bond donors (Lipinski definition) is 0. The molecule has 0 aromatic heterocycles. The van der Waals surface area contributed by atoms with Gasteiger partial charge in [-0.25, -0.2) is 0 Å². The molecule has 3 nitrogen and oxygen atoms in total. The summed E-state index contributed by atoms with van der Waals surface area (Å²) in [5, 5.41) is 8.98. The number of aliphatic imine (C=N–C) groups is 1. The quantitative estimate of drug-likeness (QED) is 0.746. The average Bonchev–Trinajstić information content (AvgIpc) is 2.30. The topological polar surface area (TPSA) is 53.2 Å². The first-order valence-corrected chi connectivity index (χ1v) is 5.48. The van der Waals surface area contributed by atoms with Crippen LogP contribution in [0.5, 0.6) is 0 Å². The molecular weight excluding hydrogens is 212 g/mol. The normalized spacial score (nSPS) is 13.3. The van der Waals surface area contributed by atoms with Gasteiger partial charge in [-0.3, -0.25) is 9.79 Å². The van der Waals surface area contributed by atoms with Crippen molar-refractivity contribution < 1.29 is 4.79 Å². The van der Waals surface area contributed by atoms with Crippen LogP contribution in [0.25, 0.3) is 0 Å². The molecule has 0 heterocycles. The molecule has 1 aromatic carbocycles. The van der Waals surface area contributed by atoms with Gasteiger partial charge in [-0.05, 0) is 12.1 Å². The van der Waals surface area contributed by atoms with Gasteiger partial charge in [0.05, 0.1) is 11.8 Å². The van der Waals surface area contributed by atoms with Crippen LogP contribution < -0.4 is 0 Å². The lowest BCUT2D eigenvalue weighted by atomic mass is 9.84. The number of nitriles is 1. The fraction of sp³-hybridized carbons (Fsp3) is 0.357.